The molecule has 1 aliphatic carbocycles. The fraction of sp³-hybridized carbons (Fsp3) is 0.214. The molecule has 1 aromatic heterocycles. The third kappa shape index (κ3) is 1.51. The molecule has 0 amide bonds. The highest BCUT2D eigenvalue weighted by molar-refractivity contribution is 5.59. The van der Waals surface area contributed by atoms with Crippen molar-refractivity contribution in [1.82, 2.24) is 4.98 Å². The van der Waals surface area contributed by atoms with Crippen molar-refractivity contribution in [3.05, 3.63) is 53.7 Å². The van der Waals surface area contributed by atoms with Gasteiger partial charge in [-0.25, -0.2) is 0 Å². The van der Waals surface area contributed by atoms with E-state index in [0.717, 1.165) is 18.5 Å². The third-order valence-electron chi connectivity index (χ3n) is 3.17. The highest BCUT2D eigenvalue weighted by atomic mass is 14.8. The Balaban J connectivity index is 2.06. The summed E-state index contributed by atoms with van der Waals surface area (Å²) in [5.74, 6) is 0. The predicted octanol–water partition coefficient (Wildman–Crippen LogP) is 2.69. The molecule has 1 heterocycles. The number of hydrogen-bond donors (Lipinski definition) is 1. The minimum absolute atomic E-state index is 0.187. The second-order valence-electron chi connectivity index (χ2n) is 4.24. The Morgan fingerprint density at radius 2 is 1.88 bits per heavy atom. The first-order chi connectivity index (χ1) is 7.84. The molecule has 2 heteroatoms. The standard InChI is InChI=1S/C14H14N2/c15-12-7-9-14-11(12)6-8-13(16-14)10-4-2-1-3-5-10/h1-6,8,12H,7,9,15H2. The highest BCUT2D eigenvalue weighted by Crippen LogP contribution is 2.29. The summed E-state index contributed by atoms with van der Waals surface area (Å²) in [6, 6.07) is 14.7. The summed E-state index contributed by atoms with van der Waals surface area (Å²) in [6.45, 7) is 0. The van der Waals surface area contributed by atoms with Crippen LogP contribution >= 0.6 is 0 Å². The smallest absolute Gasteiger partial charge is 0.0705 e. The van der Waals surface area contributed by atoms with Gasteiger partial charge in [0.05, 0.1) is 5.69 Å². The van der Waals surface area contributed by atoms with Gasteiger partial charge in [-0.05, 0) is 24.5 Å². The van der Waals surface area contributed by atoms with Crippen LogP contribution in [-0.2, 0) is 6.42 Å². The van der Waals surface area contributed by atoms with Gasteiger partial charge in [0.15, 0.2) is 0 Å². The van der Waals surface area contributed by atoms with Crippen LogP contribution in [0.4, 0.5) is 0 Å². The maximum Gasteiger partial charge on any atom is 0.0705 e. The normalized spacial score (nSPS) is 18.4. The molecule has 2 nitrogen and oxygen atoms in total. The summed E-state index contributed by atoms with van der Waals surface area (Å²) < 4.78 is 0. The molecule has 80 valence electrons. The van der Waals surface area contributed by atoms with Crippen LogP contribution < -0.4 is 5.73 Å². The van der Waals surface area contributed by atoms with Crippen molar-refractivity contribution >= 4 is 0 Å². The molecule has 0 fully saturated rings. The van der Waals surface area contributed by atoms with Gasteiger partial charge >= 0.3 is 0 Å². The molecule has 0 radical (unpaired) electrons. The number of nitrogens with two attached hydrogens (primary N) is 1. The Kier molecular flexibility index (Phi) is 2.22. The Labute approximate surface area is 95.1 Å². The molecule has 0 saturated heterocycles. The zero-order valence-electron chi connectivity index (χ0n) is 9.06. The lowest BCUT2D eigenvalue weighted by atomic mass is 10.1. The molecule has 1 unspecified atom stereocenters. The van der Waals surface area contributed by atoms with Crippen molar-refractivity contribution in [3.8, 4) is 11.3 Å². The average molecular weight is 210 g/mol. The monoisotopic (exact) mass is 210 g/mol. The minimum Gasteiger partial charge on any atom is -0.324 e. The fourth-order valence-electron chi connectivity index (χ4n) is 2.27. The van der Waals surface area contributed by atoms with E-state index in [1.54, 1.807) is 0 Å². The van der Waals surface area contributed by atoms with E-state index in [1.807, 2.05) is 18.2 Å². The van der Waals surface area contributed by atoms with Gasteiger partial charge in [-0.15, -0.1) is 0 Å². The van der Waals surface area contributed by atoms with Crippen LogP contribution in [0.25, 0.3) is 11.3 Å². The molecule has 0 saturated carbocycles. The maximum absolute atomic E-state index is 6.00. The molecular formula is C14H14N2. The van der Waals surface area contributed by atoms with E-state index in [4.69, 9.17) is 10.7 Å². The summed E-state index contributed by atoms with van der Waals surface area (Å²) in [7, 11) is 0. The van der Waals surface area contributed by atoms with Gasteiger partial charge in [0, 0.05) is 17.3 Å². The minimum atomic E-state index is 0.187. The highest BCUT2D eigenvalue weighted by Gasteiger charge is 2.20. The molecule has 3 rings (SSSR count). The summed E-state index contributed by atoms with van der Waals surface area (Å²) in [5.41, 5.74) is 10.6. The van der Waals surface area contributed by atoms with Crippen LogP contribution in [0.15, 0.2) is 42.5 Å². The van der Waals surface area contributed by atoms with Crippen LogP contribution in [0.3, 0.4) is 0 Å². The summed E-state index contributed by atoms with van der Waals surface area (Å²) in [6.07, 6.45) is 2.04. The van der Waals surface area contributed by atoms with E-state index in [1.165, 1.54) is 16.8 Å². The number of rotatable bonds is 1. The number of pyridine rings is 1. The van der Waals surface area contributed by atoms with Crippen LogP contribution in [0.1, 0.15) is 23.7 Å². The van der Waals surface area contributed by atoms with Gasteiger partial charge in [-0.2, -0.15) is 0 Å². The second kappa shape index (κ2) is 3.72. The molecule has 1 aromatic carbocycles. The Bertz CT molecular complexity index is 505. The van der Waals surface area contributed by atoms with Crippen LogP contribution in [-0.4, -0.2) is 4.98 Å². The van der Waals surface area contributed by atoms with Gasteiger partial charge < -0.3 is 5.73 Å². The Morgan fingerprint density at radius 3 is 2.69 bits per heavy atom. The Hall–Kier alpha value is -1.67. The van der Waals surface area contributed by atoms with Gasteiger partial charge in [-0.1, -0.05) is 36.4 Å². The molecule has 0 spiro atoms. The molecule has 1 aliphatic rings. The van der Waals surface area contributed by atoms with Crippen molar-refractivity contribution in [2.24, 2.45) is 5.73 Å². The van der Waals surface area contributed by atoms with E-state index >= 15 is 0 Å². The summed E-state index contributed by atoms with van der Waals surface area (Å²) in [5, 5.41) is 0. The van der Waals surface area contributed by atoms with Crippen molar-refractivity contribution in [2.45, 2.75) is 18.9 Å². The van der Waals surface area contributed by atoms with E-state index in [9.17, 15) is 0 Å². The third-order valence-corrected chi connectivity index (χ3v) is 3.17. The number of nitrogens with zero attached hydrogens (tertiary/aromatic N) is 1. The predicted molar refractivity (Wildman–Crippen MR) is 64.9 cm³/mol. The number of fused-ring (bicyclic) bond motifs is 1. The van der Waals surface area contributed by atoms with Crippen LogP contribution in [0, 0.1) is 0 Å². The SMILES string of the molecule is NC1CCc2nc(-c3ccccc3)ccc21. The van der Waals surface area contributed by atoms with E-state index < -0.39 is 0 Å². The molecule has 0 bridgehead atoms. The first-order valence-corrected chi connectivity index (χ1v) is 5.65. The number of hydrogen-bond acceptors (Lipinski definition) is 2. The zero-order chi connectivity index (χ0) is 11.0. The lowest BCUT2D eigenvalue weighted by molar-refractivity contribution is 0.712. The van der Waals surface area contributed by atoms with Gasteiger partial charge in [-0.3, -0.25) is 4.98 Å². The quantitative estimate of drug-likeness (QED) is 0.786. The van der Waals surface area contributed by atoms with Gasteiger partial charge in [0.25, 0.3) is 0 Å². The van der Waals surface area contributed by atoms with Crippen molar-refractivity contribution in [3.63, 3.8) is 0 Å². The van der Waals surface area contributed by atoms with E-state index in [2.05, 4.69) is 24.3 Å². The topological polar surface area (TPSA) is 38.9 Å². The largest absolute Gasteiger partial charge is 0.324 e. The van der Waals surface area contributed by atoms with Gasteiger partial charge in [0.1, 0.15) is 0 Å². The lowest BCUT2D eigenvalue weighted by Gasteiger charge is -2.06. The van der Waals surface area contributed by atoms with Crippen molar-refractivity contribution < 1.29 is 0 Å². The van der Waals surface area contributed by atoms with Crippen LogP contribution in [0.2, 0.25) is 0 Å². The molecule has 1 atom stereocenters. The fourth-order valence-corrected chi connectivity index (χ4v) is 2.27. The van der Waals surface area contributed by atoms with E-state index in [0.29, 0.717) is 0 Å². The summed E-state index contributed by atoms with van der Waals surface area (Å²) >= 11 is 0. The van der Waals surface area contributed by atoms with E-state index in [-0.39, 0.29) is 6.04 Å². The lowest BCUT2D eigenvalue weighted by Crippen LogP contribution is -2.05. The number of aryl methyl sites for hydroxylation is 1. The zero-order valence-corrected chi connectivity index (χ0v) is 9.06. The number of aromatic nitrogens is 1. The first-order valence-electron chi connectivity index (χ1n) is 5.65. The number of benzene rings is 1. The van der Waals surface area contributed by atoms with Crippen LogP contribution in [0.5, 0.6) is 0 Å². The van der Waals surface area contributed by atoms with Crippen molar-refractivity contribution in [2.75, 3.05) is 0 Å². The first kappa shape index (κ1) is 9.55. The molecule has 2 N–H and O–H groups in total. The maximum atomic E-state index is 6.00. The molecule has 0 aliphatic heterocycles. The van der Waals surface area contributed by atoms with Crippen molar-refractivity contribution in [1.29, 1.82) is 0 Å². The molecule has 16 heavy (non-hydrogen) atoms. The molecular weight excluding hydrogens is 196 g/mol. The molecule has 2 aromatic rings. The Morgan fingerprint density at radius 1 is 1.06 bits per heavy atom. The van der Waals surface area contributed by atoms with Gasteiger partial charge in [0.2, 0.25) is 0 Å². The second-order valence-corrected chi connectivity index (χ2v) is 4.24. The average Bonchev–Trinajstić information content (AvgIpc) is 2.72. The summed E-state index contributed by atoms with van der Waals surface area (Å²) in [4.78, 5) is 4.69.